The van der Waals surface area contributed by atoms with Gasteiger partial charge in [0.15, 0.2) is 17.7 Å². The first-order chi connectivity index (χ1) is 12.8. The SMILES string of the molecule is CCN(CC)C(=O)c1ccc(NC(=O)C(C)Oc2ccc(F)c(F)c2)cc1. The van der Waals surface area contributed by atoms with Crippen LogP contribution in [0.1, 0.15) is 31.1 Å². The van der Waals surface area contributed by atoms with E-state index in [1.807, 2.05) is 13.8 Å². The summed E-state index contributed by atoms with van der Waals surface area (Å²) < 4.78 is 31.5. The lowest BCUT2D eigenvalue weighted by molar-refractivity contribution is -0.122. The molecule has 0 aliphatic rings. The number of rotatable bonds is 7. The quantitative estimate of drug-likeness (QED) is 0.798. The van der Waals surface area contributed by atoms with E-state index >= 15 is 0 Å². The number of nitrogens with one attached hydrogen (secondary N) is 1. The van der Waals surface area contributed by atoms with Gasteiger partial charge >= 0.3 is 0 Å². The number of nitrogens with zero attached hydrogens (tertiary/aromatic N) is 1. The van der Waals surface area contributed by atoms with Gasteiger partial charge in [-0.1, -0.05) is 0 Å². The maximum atomic E-state index is 13.2. The number of hydrogen-bond donors (Lipinski definition) is 1. The van der Waals surface area contributed by atoms with Gasteiger partial charge in [0.1, 0.15) is 5.75 Å². The van der Waals surface area contributed by atoms with E-state index in [1.165, 1.54) is 13.0 Å². The van der Waals surface area contributed by atoms with Crippen LogP contribution in [0.25, 0.3) is 0 Å². The van der Waals surface area contributed by atoms with Crippen LogP contribution < -0.4 is 10.1 Å². The molecule has 0 aliphatic heterocycles. The molecule has 1 atom stereocenters. The van der Waals surface area contributed by atoms with E-state index in [1.54, 1.807) is 29.2 Å². The van der Waals surface area contributed by atoms with E-state index in [9.17, 15) is 18.4 Å². The van der Waals surface area contributed by atoms with E-state index < -0.39 is 23.6 Å². The minimum atomic E-state index is -1.05. The molecule has 2 rings (SSSR count). The second-order valence-corrected chi connectivity index (χ2v) is 5.88. The van der Waals surface area contributed by atoms with Crippen LogP contribution in [-0.4, -0.2) is 35.9 Å². The fourth-order valence-corrected chi connectivity index (χ4v) is 2.44. The van der Waals surface area contributed by atoms with Crippen LogP contribution in [0.15, 0.2) is 42.5 Å². The Hall–Kier alpha value is -2.96. The van der Waals surface area contributed by atoms with Gasteiger partial charge in [-0.3, -0.25) is 9.59 Å². The minimum absolute atomic E-state index is 0.0525. The fourth-order valence-electron chi connectivity index (χ4n) is 2.44. The highest BCUT2D eigenvalue weighted by Crippen LogP contribution is 2.18. The molecular formula is C20H22F2N2O3. The number of carbonyl (C=O) groups is 2. The lowest BCUT2D eigenvalue weighted by Crippen LogP contribution is -2.31. The standard InChI is InChI=1S/C20H22F2N2O3/c1-4-24(5-2)20(26)14-6-8-15(9-7-14)23-19(25)13(3)27-16-10-11-17(21)18(22)12-16/h6-13H,4-5H2,1-3H3,(H,23,25). The highest BCUT2D eigenvalue weighted by atomic mass is 19.2. The van der Waals surface area contributed by atoms with Crippen LogP contribution in [0.2, 0.25) is 0 Å². The van der Waals surface area contributed by atoms with Crippen molar-refractivity contribution in [3.05, 3.63) is 59.7 Å². The Morgan fingerprint density at radius 1 is 1.04 bits per heavy atom. The second-order valence-electron chi connectivity index (χ2n) is 5.88. The summed E-state index contributed by atoms with van der Waals surface area (Å²) in [6, 6.07) is 9.58. The molecule has 144 valence electrons. The lowest BCUT2D eigenvalue weighted by Gasteiger charge is -2.19. The molecule has 5 nitrogen and oxygen atoms in total. The molecule has 0 spiro atoms. The van der Waals surface area contributed by atoms with Crippen molar-refractivity contribution in [2.45, 2.75) is 26.9 Å². The smallest absolute Gasteiger partial charge is 0.265 e. The molecule has 1 unspecified atom stereocenters. The summed E-state index contributed by atoms with van der Waals surface area (Å²) in [4.78, 5) is 26.2. The van der Waals surface area contributed by atoms with Crippen molar-refractivity contribution in [2.75, 3.05) is 18.4 Å². The first-order valence-electron chi connectivity index (χ1n) is 8.67. The van der Waals surface area contributed by atoms with Gasteiger partial charge in [0.2, 0.25) is 0 Å². The van der Waals surface area contributed by atoms with Crippen molar-refractivity contribution in [3.8, 4) is 5.75 Å². The van der Waals surface area contributed by atoms with E-state index in [0.717, 1.165) is 12.1 Å². The van der Waals surface area contributed by atoms with Gasteiger partial charge in [0.25, 0.3) is 11.8 Å². The molecule has 27 heavy (non-hydrogen) atoms. The van der Waals surface area contributed by atoms with E-state index in [-0.39, 0.29) is 11.7 Å². The zero-order valence-electron chi connectivity index (χ0n) is 15.5. The highest BCUT2D eigenvalue weighted by Gasteiger charge is 2.17. The molecule has 0 aliphatic carbocycles. The normalized spacial score (nSPS) is 11.6. The van der Waals surface area contributed by atoms with Crippen molar-refractivity contribution in [1.29, 1.82) is 0 Å². The van der Waals surface area contributed by atoms with E-state index in [2.05, 4.69) is 5.32 Å². The summed E-state index contributed by atoms with van der Waals surface area (Å²) in [5.41, 5.74) is 1.03. The summed E-state index contributed by atoms with van der Waals surface area (Å²) in [5.74, 6) is -2.51. The average Bonchev–Trinajstić information content (AvgIpc) is 2.66. The van der Waals surface area contributed by atoms with Gasteiger partial charge in [-0.2, -0.15) is 0 Å². The third kappa shape index (κ3) is 5.26. The average molecular weight is 376 g/mol. The molecular weight excluding hydrogens is 354 g/mol. The molecule has 0 fully saturated rings. The van der Waals surface area contributed by atoms with Crippen LogP contribution in [0.5, 0.6) is 5.75 Å². The number of carbonyl (C=O) groups excluding carboxylic acids is 2. The molecule has 7 heteroatoms. The summed E-state index contributed by atoms with van der Waals surface area (Å²) in [6.07, 6.45) is -0.924. The van der Waals surface area contributed by atoms with Crippen LogP contribution in [0.3, 0.4) is 0 Å². The van der Waals surface area contributed by atoms with Gasteiger partial charge < -0.3 is 15.0 Å². The lowest BCUT2D eigenvalue weighted by atomic mass is 10.1. The summed E-state index contributed by atoms with van der Waals surface area (Å²) >= 11 is 0. The van der Waals surface area contributed by atoms with Crippen molar-refractivity contribution >= 4 is 17.5 Å². The molecule has 0 aromatic heterocycles. The summed E-state index contributed by atoms with van der Waals surface area (Å²) in [6.45, 7) is 6.54. The van der Waals surface area contributed by atoms with Gasteiger partial charge in [-0.15, -0.1) is 0 Å². The van der Waals surface area contributed by atoms with Crippen LogP contribution in [0.4, 0.5) is 14.5 Å². The van der Waals surface area contributed by atoms with E-state index in [0.29, 0.717) is 24.3 Å². The summed E-state index contributed by atoms with van der Waals surface area (Å²) in [5, 5.41) is 2.65. The van der Waals surface area contributed by atoms with Crippen molar-refractivity contribution in [2.24, 2.45) is 0 Å². The van der Waals surface area contributed by atoms with Crippen molar-refractivity contribution < 1.29 is 23.1 Å². The van der Waals surface area contributed by atoms with Crippen molar-refractivity contribution in [3.63, 3.8) is 0 Å². The molecule has 0 heterocycles. The molecule has 0 radical (unpaired) electrons. The topological polar surface area (TPSA) is 58.6 Å². The number of benzene rings is 2. The molecule has 2 amide bonds. The predicted molar refractivity (Wildman–Crippen MR) is 98.8 cm³/mol. The Bertz CT molecular complexity index is 805. The third-order valence-corrected chi connectivity index (χ3v) is 4.02. The predicted octanol–water partition coefficient (Wildman–Crippen LogP) is 3.85. The van der Waals surface area contributed by atoms with Crippen LogP contribution >= 0.6 is 0 Å². The van der Waals surface area contributed by atoms with E-state index in [4.69, 9.17) is 4.74 Å². The Kier molecular flexibility index (Phi) is 6.87. The number of amides is 2. The molecule has 1 N–H and O–H groups in total. The van der Waals surface area contributed by atoms with Gasteiger partial charge in [0, 0.05) is 30.4 Å². The summed E-state index contributed by atoms with van der Waals surface area (Å²) in [7, 11) is 0. The molecule has 2 aromatic carbocycles. The Morgan fingerprint density at radius 3 is 2.22 bits per heavy atom. The molecule has 0 saturated heterocycles. The zero-order valence-corrected chi connectivity index (χ0v) is 15.5. The first-order valence-corrected chi connectivity index (χ1v) is 8.67. The van der Waals surface area contributed by atoms with Gasteiger partial charge in [-0.05, 0) is 57.2 Å². The number of ether oxygens (including phenoxy) is 1. The molecule has 0 saturated carbocycles. The Labute approximate surface area is 156 Å². The van der Waals surface area contributed by atoms with Crippen LogP contribution in [-0.2, 0) is 4.79 Å². The van der Waals surface area contributed by atoms with Gasteiger partial charge in [0.05, 0.1) is 0 Å². The number of hydrogen-bond acceptors (Lipinski definition) is 3. The number of halogens is 2. The maximum absolute atomic E-state index is 13.2. The third-order valence-electron chi connectivity index (χ3n) is 4.02. The molecule has 0 bridgehead atoms. The monoisotopic (exact) mass is 376 g/mol. The largest absolute Gasteiger partial charge is 0.481 e. The molecule has 2 aromatic rings. The second kappa shape index (κ2) is 9.12. The minimum Gasteiger partial charge on any atom is -0.481 e. The van der Waals surface area contributed by atoms with Crippen LogP contribution in [0, 0.1) is 11.6 Å². The fraction of sp³-hybridized carbons (Fsp3) is 0.300. The Balaban J connectivity index is 1.98. The number of anilines is 1. The first kappa shape index (κ1) is 20.4. The van der Waals surface area contributed by atoms with Gasteiger partial charge in [-0.25, -0.2) is 8.78 Å². The maximum Gasteiger partial charge on any atom is 0.265 e. The zero-order chi connectivity index (χ0) is 20.0. The highest BCUT2D eigenvalue weighted by molar-refractivity contribution is 5.96. The Morgan fingerprint density at radius 2 is 1.67 bits per heavy atom. The van der Waals surface area contributed by atoms with Crippen molar-refractivity contribution in [1.82, 2.24) is 4.90 Å².